The second-order valence-electron chi connectivity index (χ2n) is 6.09. The van der Waals surface area contributed by atoms with E-state index < -0.39 is 0 Å². The molecule has 0 aromatic heterocycles. The third-order valence-corrected chi connectivity index (χ3v) is 4.39. The molecule has 2 aromatic carbocycles. The van der Waals surface area contributed by atoms with Crippen LogP contribution in [0.2, 0.25) is 0 Å². The topological polar surface area (TPSA) is 79.6 Å². The third kappa shape index (κ3) is 4.36. The summed E-state index contributed by atoms with van der Waals surface area (Å²) in [5.41, 5.74) is 1.29. The Morgan fingerprint density at radius 3 is 2.41 bits per heavy atom. The molecule has 27 heavy (non-hydrogen) atoms. The van der Waals surface area contributed by atoms with Crippen LogP contribution < -0.4 is 10.2 Å². The summed E-state index contributed by atoms with van der Waals surface area (Å²) in [6.45, 7) is 2.13. The van der Waals surface area contributed by atoms with Crippen molar-refractivity contribution >= 4 is 17.3 Å². The van der Waals surface area contributed by atoms with Crippen molar-refractivity contribution in [2.24, 2.45) is 0 Å². The van der Waals surface area contributed by atoms with Gasteiger partial charge in [0.15, 0.2) is 0 Å². The van der Waals surface area contributed by atoms with Crippen molar-refractivity contribution in [2.45, 2.75) is 0 Å². The fourth-order valence-electron chi connectivity index (χ4n) is 2.88. The third-order valence-electron chi connectivity index (χ3n) is 4.39. The van der Waals surface area contributed by atoms with Crippen LogP contribution in [0.15, 0.2) is 60.3 Å². The second kappa shape index (κ2) is 8.23. The summed E-state index contributed by atoms with van der Waals surface area (Å²) in [6, 6.07) is 14.7. The van der Waals surface area contributed by atoms with E-state index in [9.17, 15) is 19.6 Å². The molecule has 1 aliphatic heterocycles. The molecular formula is C20H19FN4O2. The van der Waals surface area contributed by atoms with E-state index in [4.69, 9.17) is 0 Å². The Morgan fingerprint density at radius 1 is 1.11 bits per heavy atom. The van der Waals surface area contributed by atoms with Gasteiger partial charge in [-0.25, -0.2) is 4.39 Å². The molecule has 138 valence electrons. The maximum absolute atomic E-state index is 13.0. The summed E-state index contributed by atoms with van der Waals surface area (Å²) in [7, 11) is 0. The Balaban J connectivity index is 1.62. The maximum atomic E-state index is 13.0. The molecule has 1 aliphatic rings. The number of phenols is 1. The number of phenolic OH excluding ortho intramolecular Hbond substituents is 1. The minimum atomic E-state index is -0.362. The quantitative estimate of drug-likeness (QED) is 0.494. The van der Waals surface area contributed by atoms with Gasteiger partial charge in [-0.15, -0.1) is 0 Å². The Kier molecular flexibility index (Phi) is 5.57. The van der Waals surface area contributed by atoms with Crippen LogP contribution in [0.25, 0.3) is 0 Å². The van der Waals surface area contributed by atoms with Crippen molar-refractivity contribution in [3.8, 4) is 11.8 Å². The zero-order chi connectivity index (χ0) is 19.2. The summed E-state index contributed by atoms with van der Waals surface area (Å²) >= 11 is 0. The van der Waals surface area contributed by atoms with E-state index in [0.29, 0.717) is 31.9 Å². The van der Waals surface area contributed by atoms with Gasteiger partial charge in [0.05, 0.1) is 5.69 Å². The summed E-state index contributed by atoms with van der Waals surface area (Å²) in [4.78, 5) is 16.3. The Labute approximate surface area is 156 Å². The second-order valence-corrected chi connectivity index (χ2v) is 6.09. The first-order valence-electron chi connectivity index (χ1n) is 8.53. The number of carbonyl (C=O) groups excluding carboxylic acids is 1. The lowest BCUT2D eigenvalue weighted by atomic mass is 10.2. The molecule has 1 saturated heterocycles. The highest BCUT2D eigenvalue weighted by Gasteiger charge is 2.24. The number of aromatic hydroxyl groups is 1. The van der Waals surface area contributed by atoms with Crippen LogP contribution in [0.5, 0.6) is 5.75 Å². The van der Waals surface area contributed by atoms with Gasteiger partial charge in [0.2, 0.25) is 0 Å². The van der Waals surface area contributed by atoms with Crippen LogP contribution in [0.4, 0.5) is 15.8 Å². The van der Waals surface area contributed by atoms with Crippen molar-refractivity contribution in [2.75, 3.05) is 36.4 Å². The number of anilines is 2. The molecule has 0 radical (unpaired) electrons. The van der Waals surface area contributed by atoms with Gasteiger partial charge < -0.3 is 20.2 Å². The molecule has 0 atom stereocenters. The SMILES string of the molecule is N#C/C(=C/Nc1ccccc1O)C(=O)N1CCN(c2ccc(F)cc2)CC1. The van der Waals surface area contributed by atoms with Crippen molar-refractivity contribution in [3.05, 3.63) is 66.1 Å². The van der Waals surface area contributed by atoms with Crippen molar-refractivity contribution in [1.82, 2.24) is 4.90 Å². The number of amides is 1. The first-order valence-corrected chi connectivity index (χ1v) is 8.53. The van der Waals surface area contributed by atoms with Gasteiger partial charge in [0.1, 0.15) is 23.2 Å². The predicted molar refractivity (Wildman–Crippen MR) is 101 cm³/mol. The molecule has 6 nitrogen and oxygen atoms in total. The molecule has 1 amide bonds. The lowest BCUT2D eigenvalue weighted by Crippen LogP contribution is -2.49. The van der Waals surface area contributed by atoms with Crippen LogP contribution in [-0.2, 0) is 4.79 Å². The fourth-order valence-corrected chi connectivity index (χ4v) is 2.88. The number of carbonyl (C=O) groups is 1. The number of hydrogen-bond acceptors (Lipinski definition) is 5. The van der Waals surface area contributed by atoms with Gasteiger partial charge in [0.25, 0.3) is 5.91 Å². The molecule has 0 bridgehead atoms. The molecule has 0 unspecified atom stereocenters. The standard InChI is InChI=1S/C20H19FN4O2/c21-16-5-7-17(8-6-16)24-9-11-25(12-10-24)20(27)15(13-22)14-23-18-3-1-2-4-19(18)26/h1-8,14,23,26H,9-12H2/b15-14-. The first-order chi connectivity index (χ1) is 13.1. The number of nitrogens with one attached hydrogen (secondary N) is 1. The van der Waals surface area contributed by atoms with Crippen LogP contribution in [-0.4, -0.2) is 42.1 Å². The highest BCUT2D eigenvalue weighted by Crippen LogP contribution is 2.22. The van der Waals surface area contributed by atoms with Gasteiger partial charge in [0, 0.05) is 38.1 Å². The van der Waals surface area contributed by atoms with Gasteiger partial charge in [-0.1, -0.05) is 12.1 Å². The number of hydrogen-bond donors (Lipinski definition) is 2. The molecule has 0 spiro atoms. The normalized spacial score (nSPS) is 14.6. The van der Waals surface area contributed by atoms with Gasteiger partial charge in [-0.2, -0.15) is 5.26 Å². The molecule has 2 aromatic rings. The molecule has 0 aliphatic carbocycles. The maximum Gasteiger partial charge on any atom is 0.266 e. The molecule has 7 heteroatoms. The minimum Gasteiger partial charge on any atom is -0.506 e. The number of para-hydroxylation sites is 2. The number of halogens is 1. The first kappa shape index (κ1) is 18.3. The Hall–Kier alpha value is -3.53. The average Bonchev–Trinajstić information content (AvgIpc) is 2.70. The van der Waals surface area contributed by atoms with Crippen molar-refractivity contribution < 1.29 is 14.3 Å². The minimum absolute atomic E-state index is 0.0337. The molecular weight excluding hydrogens is 347 g/mol. The van der Waals surface area contributed by atoms with E-state index in [1.807, 2.05) is 6.07 Å². The number of rotatable bonds is 4. The van der Waals surface area contributed by atoms with E-state index >= 15 is 0 Å². The van der Waals surface area contributed by atoms with E-state index in [2.05, 4.69) is 10.2 Å². The summed E-state index contributed by atoms with van der Waals surface area (Å²) in [5, 5.41) is 21.9. The van der Waals surface area contributed by atoms with E-state index in [1.165, 1.54) is 24.4 Å². The smallest absolute Gasteiger partial charge is 0.266 e. The fraction of sp³-hybridized carbons (Fsp3) is 0.200. The van der Waals surface area contributed by atoms with Crippen molar-refractivity contribution in [1.29, 1.82) is 5.26 Å². The predicted octanol–water partition coefficient (Wildman–Crippen LogP) is 2.70. The number of benzene rings is 2. The van der Waals surface area contributed by atoms with Crippen LogP contribution >= 0.6 is 0 Å². The summed E-state index contributed by atoms with van der Waals surface area (Å²) < 4.78 is 13.0. The number of nitrogens with zero attached hydrogens (tertiary/aromatic N) is 3. The van der Waals surface area contributed by atoms with Crippen LogP contribution in [0.1, 0.15) is 0 Å². The van der Waals surface area contributed by atoms with Crippen LogP contribution in [0.3, 0.4) is 0 Å². The molecule has 1 fully saturated rings. The monoisotopic (exact) mass is 366 g/mol. The highest BCUT2D eigenvalue weighted by molar-refractivity contribution is 5.97. The molecule has 1 heterocycles. The summed E-state index contributed by atoms with van der Waals surface area (Å²) in [6.07, 6.45) is 1.31. The number of piperazine rings is 1. The molecule has 2 N–H and O–H groups in total. The highest BCUT2D eigenvalue weighted by atomic mass is 19.1. The Bertz CT molecular complexity index is 882. The van der Waals surface area contributed by atoms with Crippen LogP contribution in [0, 0.1) is 17.1 Å². The Morgan fingerprint density at radius 2 is 1.78 bits per heavy atom. The van der Waals surface area contributed by atoms with Gasteiger partial charge in [-0.3, -0.25) is 4.79 Å². The zero-order valence-corrected chi connectivity index (χ0v) is 14.6. The van der Waals surface area contributed by atoms with Crippen molar-refractivity contribution in [3.63, 3.8) is 0 Å². The number of nitriles is 1. The van der Waals surface area contributed by atoms with Gasteiger partial charge in [-0.05, 0) is 36.4 Å². The lowest BCUT2D eigenvalue weighted by Gasteiger charge is -2.36. The lowest BCUT2D eigenvalue weighted by molar-refractivity contribution is -0.127. The molecule has 3 rings (SSSR count). The zero-order valence-electron chi connectivity index (χ0n) is 14.6. The van der Waals surface area contributed by atoms with E-state index in [0.717, 1.165) is 5.69 Å². The van der Waals surface area contributed by atoms with Gasteiger partial charge >= 0.3 is 0 Å². The average molecular weight is 366 g/mol. The molecule has 0 saturated carbocycles. The van der Waals surface area contributed by atoms with E-state index in [1.54, 1.807) is 35.2 Å². The van der Waals surface area contributed by atoms with E-state index in [-0.39, 0.29) is 23.0 Å². The summed E-state index contributed by atoms with van der Waals surface area (Å²) in [5.74, 6) is -0.612. The largest absolute Gasteiger partial charge is 0.506 e.